The molecule has 1 atom stereocenters. The fraction of sp³-hybridized carbons (Fsp3) is 0.250. The van der Waals surface area contributed by atoms with Gasteiger partial charge in [-0.1, -0.05) is 60.7 Å². The SMILES string of the molecule is CC1(CCc2ccccc2)NC(=O)N(CC(=O)c2ccccc2)C1=O. The second-order valence-corrected chi connectivity index (χ2v) is 6.43. The molecule has 0 radical (unpaired) electrons. The summed E-state index contributed by atoms with van der Waals surface area (Å²) in [7, 11) is 0. The minimum Gasteiger partial charge on any atom is -0.323 e. The first kappa shape index (κ1) is 16.9. The van der Waals surface area contributed by atoms with E-state index in [-0.39, 0.29) is 18.2 Å². The van der Waals surface area contributed by atoms with Gasteiger partial charge in [0.2, 0.25) is 0 Å². The van der Waals surface area contributed by atoms with E-state index < -0.39 is 11.6 Å². The lowest BCUT2D eigenvalue weighted by molar-refractivity contribution is -0.130. The average Bonchev–Trinajstić information content (AvgIpc) is 2.85. The summed E-state index contributed by atoms with van der Waals surface area (Å²) in [4.78, 5) is 38.3. The van der Waals surface area contributed by atoms with E-state index in [2.05, 4.69) is 5.32 Å². The monoisotopic (exact) mass is 336 g/mol. The van der Waals surface area contributed by atoms with E-state index in [0.29, 0.717) is 18.4 Å². The molecule has 1 N–H and O–H groups in total. The van der Waals surface area contributed by atoms with Crippen LogP contribution in [-0.4, -0.2) is 34.7 Å². The zero-order valence-corrected chi connectivity index (χ0v) is 14.1. The van der Waals surface area contributed by atoms with Crippen molar-refractivity contribution in [1.82, 2.24) is 10.2 Å². The summed E-state index contributed by atoms with van der Waals surface area (Å²) in [5, 5.41) is 2.74. The van der Waals surface area contributed by atoms with Gasteiger partial charge in [-0.2, -0.15) is 0 Å². The Balaban J connectivity index is 1.68. The molecule has 5 nitrogen and oxygen atoms in total. The molecule has 0 saturated carbocycles. The molecule has 25 heavy (non-hydrogen) atoms. The highest BCUT2D eigenvalue weighted by molar-refractivity contribution is 6.10. The summed E-state index contributed by atoms with van der Waals surface area (Å²) in [5.41, 5.74) is 0.606. The summed E-state index contributed by atoms with van der Waals surface area (Å²) < 4.78 is 0. The van der Waals surface area contributed by atoms with E-state index in [1.165, 1.54) is 0 Å². The Kier molecular flexibility index (Phi) is 4.65. The third kappa shape index (κ3) is 3.60. The second-order valence-electron chi connectivity index (χ2n) is 6.43. The smallest absolute Gasteiger partial charge is 0.323 e. The van der Waals surface area contributed by atoms with Gasteiger partial charge < -0.3 is 5.32 Å². The molecule has 0 aromatic heterocycles. The van der Waals surface area contributed by atoms with Crippen molar-refractivity contribution in [2.75, 3.05) is 6.54 Å². The number of urea groups is 1. The standard InChI is InChI=1S/C20H20N2O3/c1-20(13-12-15-8-4-2-5-9-15)18(24)22(19(25)21-20)14-17(23)16-10-6-3-7-11-16/h2-11H,12-14H2,1H3,(H,21,25). The van der Waals surface area contributed by atoms with Crippen LogP contribution in [0.15, 0.2) is 60.7 Å². The van der Waals surface area contributed by atoms with Crippen molar-refractivity contribution in [3.8, 4) is 0 Å². The Morgan fingerprint density at radius 3 is 2.24 bits per heavy atom. The van der Waals surface area contributed by atoms with Crippen LogP contribution in [0.1, 0.15) is 29.3 Å². The van der Waals surface area contributed by atoms with Gasteiger partial charge in [0.05, 0.1) is 6.54 Å². The van der Waals surface area contributed by atoms with Crippen LogP contribution < -0.4 is 5.32 Å². The first-order valence-electron chi connectivity index (χ1n) is 8.26. The molecule has 1 saturated heterocycles. The maximum Gasteiger partial charge on any atom is 0.325 e. The molecule has 5 heteroatoms. The molecule has 0 bridgehead atoms. The molecular weight excluding hydrogens is 316 g/mol. The van der Waals surface area contributed by atoms with Crippen molar-refractivity contribution in [2.45, 2.75) is 25.3 Å². The zero-order chi connectivity index (χ0) is 17.9. The van der Waals surface area contributed by atoms with Crippen LogP contribution in [-0.2, 0) is 11.2 Å². The second kappa shape index (κ2) is 6.89. The molecule has 1 unspecified atom stereocenters. The predicted molar refractivity (Wildman–Crippen MR) is 94.2 cm³/mol. The van der Waals surface area contributed by atoms with E-state index in [4.69, 9.17) is 0 Å². The molecule has 3 rings (SSSR count). The minimum atomic E-state index is -0.982. The Morgan fingerprint density at radius 2 is 1.60 bits per heavy atom. The van der Waals surface area contributed by atoms with Crippen LogP contribution in [0.2, 0.25) is 0 Å². The maximum absolute atomic E-state index is 12.7. The van der Waals surface area contributed by atoms with Crippen molar-refractivity contribution in [1.29, 1.82) is 0 Å². The first-order chi connectivity index (χ1) is 12.0. The number of amides is 3. The molecule has 1 fully saturated rings. The lowest BCUT2D eigenvalue weighted by Gasteiger charge is -2.21. The van der Waals surface area contributed by atoms with Crippen molar-refractivity contribution in [3.05, 3.63) is 71.8 Å². The predicted octanol–water partition coefficient (Wildman–Crippen LogP) is 2.81. The van der Waals surface area contributed by atoms with Crippen LogP contribution in [0, 0.1) is 0 Å². The first-order valence-corrected chi connectivity index (χ1v) is 8.26. The van der Waals surface area contributed by atoms with Crippen LogP contribution in [0.3, 0.4) is 0 Å². The number of rotatable bonds is 6. The summed E-state index contributed by atoms with van der Waals surface area (Å²) in [5.74, 6) is -0.603. The molecule has 0 spiro atoms. The van der Waals surface area contributed by atoms with Gasteiger partial charge in [0.25, 0.3) is 5.91 Å². The molecule has 2 aromatic carbocycles. The average molecular weight is 336 g/mol. The summed E-state index contributed by atoms with van der Waals surface area (Å²) >= 11 is 0. The van der Waals surface area contributed by atoms with E-state index in [1.807, 2.05) is 36.4 Å². The van der Waals surface area contributed by atoms with Crippen molar-refractivity contribution in [3.63, 3.8) is 0 Å². The van der Waals surface area contributed by atoms with Gasteiger partial charge in [-0.05, 0) is 25.3 Å². The number of carbonyl (C=O) groups is 3. The molecule has 3 amide bonds. The number of nitrogens with zero attached hydrogens (tertiary/aromatic N) is 1. The number of ketones is 1. The topological polar surface area (TPSA) is 66.5 Å². The molecular formula is C20H20N2O3. The third-order valence-electron chi connectivity index (χ3n) is 4.50. The number of benzene rings is 2. The van der Waals surface area contributed by atoms with Crippen molar-refractivity contribution in [2.24, 2.45) is 0 Å². The molecule has 1 aliphatic rings. The Hall–Kier alpha value is -2.95. The van der Waals surface area contributed by atoms with Gasteiger partial charge in [0, 0.05) is 5.56 Å². The van der Waals surface area contributed by atoms with Crippen LogP contribution in [0.5, 0.6) is 0 Å². The zero-order valence-electron chi connectivity index (χ0n) is 14.1. The Bertz CT molecular complexity index is 789. The number of Topliss-reactive ketones (excluding diaryl/α,β-unsaturated/α-hetero) is 1. The van der Waals surface area contributed by atoms with E-state index in [0.717, 1.165) is 10.5 Å². The van der Waals surface area contributed by atoms with E-state index >= 15 is 0 Å². The highest BCUT2D eigenvalue weighted by Crippen LogP contribution is 2.23. The van der Waals surface area contributed by atoms with Crippen LogP contribution in [0.4, 0.5) is 4.79 Å². The third-order valence-corrected chi connectivity index (χ3v) is 4.50. The number of hydrogen-bond acceptors (Lipinski definition) is 3. The number of imide groups is 1. The largest absolute Gasteiger partial charge is 0.325 e. The number of hydrogen-bond donors (Lipinski definition) is 1. The molecule has 128 valence electrons. The number of aryl methyl sites for hydroxylation is 1. The van der Waals surface area contributed by atoms with Gasteiger partial charge in [-0.25, -0.2) is 4.79 Å². The van der Waals surface area contributed by atoms with Gasteiger partial charge in [0.1, 0.15) is 5.54 Å². The van der Waals surface area contributed by atoms with Crippen molar-refractivity contribution < 1.29 is 14.4 Å². The fourth-order valence-electron chi connectivity index (χ4n) is 2.96. The van der Waals surface area contributed by atoms with Crippen molar-refractivity contribution >= 4 is 17.7 Å². The lowest BCUT2D eigenvalue weighted by Crippen LogP contribution is -2.44. The quantitative estimate of drug-likeness (QED) is 0.651. The summed E-state index contributed by atoms with van der Waals surface area (Å²) in [6.45, 7) is 1.47. The Morgan fingerprint density at radius 1 is 1.00 bits per heavy atom. The molecule has 1 heterocycles. The highest BCUT2D eigenvalue weighted by atomic mass is 16.2. The summed E-state index contributed by atoms with van der Waals surface area (Å²) in [6.07, 6.45) is 1.15. The number of carbonyl (C=O) groups excluding carboxylic acids is 3. The van der Waals surface area contributed by atoms with Gasteiger partial charge in [0.15, 0.2) is 5.78 Å². The molecule has 2 aromatic rings. The Labute approximate surface area is 146 Å². The fourth-order valence-corrected chi connectivity index (χ4v) is 2.96. The lowest BCUT2D eigenvalue weighted by atomic mass is 9.93. The van der Waals surface area contributed by atoms with E-state index in [9.17, 15) is 14.4 Å². The summed E-state index contributed by atoms with van der Waals surface area (Å²) in [6, 6.07) is 18.0. The van der Waals surface area contributed by atoms with Gasteiger partial charge in [-0.3, -0.25) is 14.5 Å². The van der Waals surface area contributed by atoms with Gasteiger partial charge in [-0.15, -0.1) is 0 Å². The minimum absolute atomic E-state index is 0.240. The van der Waals surface area contributed by atoms with Gasteiger partial charge >= 0.3 is 6.03 Å². The van der Waals surface area contributed by atoms with Crippen LogP contribution in [0.25, 0.3) is 0 Å². The van der Waals surface area contributed by atoms with Crippen LogP contribution >= 0.6 is 0 Å². The normalized spacial score (nSPS) is 19.8. The highest BCUT2D eigenvalue weighted by Gasteiger charge is 2.47. The number of nitrogens with one attached hydrogen (secondary N) is 1. The maximum atomic E-state index is 12.7. The molecule has 0 aliphatic carbocycles. The van der Waals surface area contributed by atoms with E-state index in [1.54, 1.807) is 31.2 Å². The molecule has 1 aliphatic heterocycles.